The fraction of sp³-hybridized carbons (Fsp3) is 0.0833. The fourth-order valence-corrected chi connectivity index (χ4v) is 4.93. The first-order chi connectivity index (χ1) is 20.9. The Bertz CT molecular complexity index is 1880. The van der Waals surface area contributed by atoms with Crippen molar-refractivity contribution in [3.05, 3.63) is 144 Å². The second-order valence-corrected chi connectivity index (χ2v) is 10.4. The van der Waals surface area contributed by atoms with Crippen molar-refractivity contribution in [1.82, 2.24) is 14.9 Å². The molecule has 0 aliphatic rings. The molecule has 6 aromatic rings. The molecule has 0 saturated carbocycles. The topological polar surface area (TPSA) is 92.9 Å². The van der Waals surface area contributed by atoms with Gasteiger partial charge in [0, 0.05) is 12.0 Å². The van der Waals surface area contributed by atoms with Crippen molar-refractivity contribution in [3.8, 4) is 33.9 Å². The molecule has 0 bridgehead atoms. The van der Waals surface area contributed by atoms with Crippen LogP contribution in [0.25, 0.3) is 27.9 Å². The van der Waals surface area contributed by atoms with E-state index < -0.39 is 17.9 Å². The summed E-state index contributed by atoms with van der Waals surface area (Å²) in [6.07, 6.45) is 0.162. The molecule has 0 aliphatic heterocycles. The number of aryl methyl sites for hydroxylation is 1. The number of rotatable bonds is 9. The zero-order chi connectivity index (χ0) is 29.8. The number of fused-ring (bicyclic) bond motifs is 1. The van der Waals surface area contributed by atoms with Gasteiger partial charge in [0.05, 0.1) is 11.2 Å². The van der Waals surface area contributed by atoms with Gasteiger partial charge in [-0.05, 0) is 78.2 Å². The number of pyridine rings is 1. The van der Waals surface area contributed by atoms with E-state index in [1.807, 2.05) is 104 Å². The SMILES string of the molecule is Cc1ccc(-c2cc(-c3ccc(Oc4ccccc4)cc3)n3nc(C(=O)N[C@@H](Cc4ccccc4)C(=O)O)cc3c2)cc1. The molecule has 2 heterocycles. The van der Waals surface area contributed by atoms with Crippen molar-refractivity contribution in [2.75, 3.05) is 0 Å². The Kier molecular flexibility index (Phi) is 7.70. The fourth-order valence-electron chi connectivity index (χ4n) is 4.93. The van der Waals surface area contributed by atoms with Crippen molar-refractivity contribution < 1.29 is 19.4 Å². The number of carboxylic acid groups (broad SMARTS) is 1. The first-order valence-corrected chi connectivity index (χ1v) is 13.9. The van der Waals surface area contributed by atoms with Crippen LogP contribution in [0.4, 0.5) is 0 Å². The van der Waals surface area contributed by atoms with E-state index in [-0.39, 0.29) is 12.1 Å². The lowest BCUT2D eigenvalue weighted by molar-refractivity contribution is -0.139. The molecule has 0 aliphatic carbocycles. The summed E-state index contributed by atoms with van der Waals surface area (Å²) < 4.78 is 7.69. The van der Waals surface area contributed by atoms with E-state index >= 15 is 0 Å². The molecule has 0 unspecified atom stereocenters. The van der Waals surface area contributed by atoms with Gasteiger partial charge in [0.2, 0.25) is 0 Å². The minimum Gasteiger partial charge on any atom is -0.480 e. The molecule has 212 valence electrons. The Hall–Kier alpha value is -5.69. The maximum Gasteiger partial charge on any atom is 0.326 e. The molecule has 7 heteroatoms. The molecule has 2 N–H and O–H groups in total. The summed E-state index contributed by atoms with van der Waals surface area (Å²) in [6, 6.07) is 39.3. The van der Waals surface area contributed by atoms with Crippen LogP contribution >= 0.6 is 0 Å². The third kappa shape index (κ3) is 6.31. The summed E-state index contributed by atoms with van der Waals surface area (Å²) in [5.74, 6) is -0.226. The van der Waals surface area contributed by atoms with Crippen LogP contribution in [0, 0.1) is 6.92 Å². The lowest BCUT2D eigenvalue weighted by Gasteiger charge is -2.13. The third-order valence-corrected chi connectivity index (χ3v) is 7.19. The van der Waals surface area contributed by atoms with Crippen molar-refractivity contribution in [2.45, 2.75) is 19.4 Å². The zero-order valence-electron chi connectivity index (χ0n) is 23.5. The van der Waals surface area contributed by atoms with Gasteiger partial charge in [0.25, 0.3) is 5.91 Å². The van der Waals surface area contributed by atoms with Crippen LogP contribution in [-0.2, 0) is 11.2 Å². The number of hydrogen-bond acceptors (Lipinski definition) is 4. The number of carbonyl (C=O) groups excluding carboxylic acids is 1. The molecular weight excluding hydrogens is 538 g/mol. The number of para-hydroxylation sites is 1. The molecule has 6 rings (SSSR count). The van der Waals surface area contributed by atoms with Crippen LogP contribution in [0.2, 0.25) is 0 Å². The average molecular weight is 568 g/mol. The maximum absolute atomic E-state index is 13.3. The summed E-state index contributed by atoms with van der Waals surface area (Å²) in [7, 11) is 0. The molecule has 2 aromatic heterocycles. The van der Waals surface area contributed by atoms with Gasteiger partial charge in [-0.1, -0.05) is 78.4 Å². The normalized spacial score (nSPS) is 11.7. The van der Waals surface area contributed by atoms with Gasteiger partial charge in [-0.2, -0.15) is 5.10 Å². The minimum absolute atomic E-state index is 0.130. The monoisotopic (exact) mass is 567 g/mol. The molecule has 1 amide bonds. The Morgan fingerprint density at radius 3 is 2.07 bits per heavy atom. The number of benzene rings is 4. The van der Waals surface area contributed by atoms with Crippen molar-refractivity contribution in [3.63, 3.8) is 0 Å². The Balaban J connectivity index is 1.35. The molecule has 0 radical (unpaired) electrons. The van der Waals surface area contributed by atoms with Gasteiger partial charge < -0.3 is 15.2 Å². The largest absolute Gasteiger partial charge is 0.480 e. The van der Waals surface area contributed by atoms with Gasteiger partial charge in [0.1, 0.15) is 17.5 Å². The summed E-state index contributed by atoms with van der Waals surface area (Å²) in [6.45, 7) is 2.04. The zero-order valence-corrected chi connectivity index (χ0v) is 23.5. The van der Waals surface area contributed by atoms with Gasteiger partial charge in [-0.25, -0.2) is 9.31 Å². The van der Waals surface area contributed by atoms with Gasteiger partial charge in [0.15, 0.2) is 5.69 Å². The molecule has 7 nitrogen and oxygen atoms in total. The van der Waals surface area contributed by atoms with Crippen LogP contribution in [-0.4, -0.2) is 32.6 Å². The quantitative estimate of drug-likeness (QED) is 0.193. The summed E-state index contributed by atoms with van der Waals surface area (Å²) in [4.78, 5) is 25.3. The van der Waals surface area contributed by atoms with Crippen LogP contribution < -0.4 is 10.1 Å². The van der Waals surface area contributed by atoms with Crippen molar-refractivity contribution in [1.29, 1.82) is 0 Å². The first-order valence-electron chi connectivity index (χ1n) is 13.9. The highest BCUT2D eigenvalue weighted by atomic mass is 16.5. The molecule has 1 atom stereocenters. The van der Waals surface area contributed by atoms with Gasteiger partial charge in [-0.15, -0.1) is 0 Å². The van der Waals surface area contributed by atoms with E-state index in [0.717, 1.165) is 39.3 Å². The van der Waals surface area contributed by atoms with Crippen molar-refractivity contribution >= 4 is 17.4 Å². The second-order valence-electron chi connectivity index (χ2n) is 10.4. The molecule has 0 spiro atoms. The third-order valence-electron chi connectivity index (χ3n) is 7.19. The van der Waals surface area contributed by atoms with Crippen LogP contribution in [0.1, 0.15) is 21.6 Å². The smallest absolute Gasteiger partial charge is 0.326 e. The lowest BCUT2D eigenvalue weighted by Crippen LogP contribution is -2.42. The number of aliphatic carboxylic acids is 1. The Morgan fingerprint density at radius 2 is 1.40 bits per heavy atom. The van der Waals surface area contributed by atoms with Gasteiger partial charge in [-0.3, -0.25) is 4.79 Å². The summed E-state index contributed by atoms with van der Waals surface area (Å²) in [5, 5.41) is 17.1. The predicted octanol–water partition coefficient (Wildman–Crippen LogP) is 7.19. The van der Waals surface area contributed by atoms with Gasteiger partial charge >= 0.3 is 5.97 Å². The van der Waals surface area contributed by atoms with E-state index in [4.69, 9.17) is 4.74 Å². The minimum atomic E-state index is -1.11. The molecule has 4 aromatic carbocycles. The number of carbonyl (C=O) groups is 2. The highest BCUT2D eigenvalue weighted by molar-refractivity contribution is 5.96. The molecule has 0 saturated heterocycles. The standard InChI is InChI=1S/C36H29N3O4/c1-24-12-14-26(15-13-24)28-21-29-23-32(35(40)37-33(36(41)42)20-25-8-4-2-5-9-25)38-39(29)34(22-28)27-16-18-31(19-17-27)43-30-10-6-3-7-11-30/h2-19,21-23,33H,20H2,1H3,(H,37,40)(H,41,42)/t33-/m0/s1. The number of nitrogens with one attached hydrogen (secondary N) is 1. The second kappa shape index (κ2) is 12.0. The molecule has 43 heavy (non-hydrogen) atoms. The number of nitrogens with zero attached hydrogens (tertiary/aromatic N) is 2. The Morgan fingerprint density at radius 1 is 0.767 bits per heavy atom. The number of aromatic nitrogens is 2. The number of carboxylic acids is 1. The molecule has 0 fully saturated rings. The highest BCUT2D eigenvalue weighted by Crippen LogP contribution is 2.31. The van der Waals surface area contributed by atoms with E-state index in [9.17, 15) is 14.7 Å². The van der Waals surface area contributed by atoms with E-state index in [1.54, 1.807) is 10.6 Å². The summed E-state index contributed by atoms with van der Waals surface area (Å²) >= 11 is 0. The number of hydrogen-bond donors (Lipinski definition) is 2. The van der Waals surface area contributed by atoms with Crippen molar-refractivity contribution in [2.24, 2.45) is 0 Å². The van der Waals surface area contributed by atoms with Crippen LogP contribution in [0.3, 0.4) is 0 Å². The van der Waals surface area contributed by atoms with E-state index in [1.165, 1.54) is 0 Å². The number of ether oxygens (including phenoxy) is 1. The van der Waals surface area contributed by atoms with Crippen LogP contribution in [0.5, 0.6) is 11.5 Å². The highest BCUT2D eigenvalue weighted by Gasteiger charge is 2.23. The molecular formula is C36H29N3O4. The maximum atomic E-state index is 13.3. The predicted molar refractivity (Wildman–Crippen MR) is 166 cm³/mol. The number of amides is 1. The summed E-state index contributed by atoms with van der Waals surface area (Å²) in [5.41, 5.74) is 6.45. The Labute approximate surface area is 249 Å². The van der Waals surface area contributed by atoms with E-state index in [0.29, 0.717) is 11.3 Å². The van der Waals surface area contributed by atoms with E-state index in [2.05, 4.69) is 34.7 Å². The first kappa shape index (κ1) is 27.5. The average Bonchev–Trinajstić information content (AvgIpc) is 3.47. The lowest BCUT2D eigenvalue weighted by atomic mass is 10.0. The van der Waals surface area contributed by atoms with Crippen LogP contribution in [0.15, 0.2) is 127 Å².